The first-order valence-electron chi connectivity index (χ1n) is 12.9. The molecule has 1 aromatic rings. The first-order valence-corrected chi connectivity index (χ1v) is 13.7. The molecule has 1 aliphatic heterocycles. The summed E-state index contributed by atoms with van der Waals surface area (Å²) in [6.45, 7) is 6.59. The van der Waals surface area contributed by atoms with E-state index < -0.39 is 5.66 Å². The number of benzene rings is 1. The van der Waals surface area contributed by atoms with E-state index in [9.17, 15) is 9.59 Å². The SMILES string of the molecule is CCC(C1=CC=C(C(=O)NCC(=N)N)CC1)N1C(=O)C(c2cc(Cl)cc(Cl)c2)=NC12CC(C)CC(C)C2. The van der Waals surface area contributed by atoms with Crippen LogP contribution >= 0.6 is 23.2 Å². The third-order valence-electron chi connectivity index (χ3n) is 7.52. The van der Waals surface area contributed by atoms with Crippen molar-refractivity contribution in [3.8, 4) is 0 Å². The van der Waals surface area contributed by atoms with Crippen LogP contribution in [0, 0.1) is 17.2 Å². The van der Waals surface area contributed by atoms with Gasteiger partial charge in [0, 0.05) is 21.2 Å². The number of aliphatic imine (C=N–C) groups is 1. The fraction of sp³-hybridized carbons (Fsp3) is 0.500. The van der Waals surface area contributed by atoms with Gasteiger partial charge < -0.3 is 16.0 Å². The van der Waals surface area contributed by atoms with Gasteiger partial charge in [0.1, 0.15) is 17.2 Å². The second-order valence-electron chi connectivity index (χ2n) is 10.7. The molecule has 37 heavy (non-hydrogen) atoms. The van der Waals surface area contributed by atoms with Crippen LogP contribution in [-0.4, -0.2) is 46.5 Å². The molecule has 4 N–H and O–H groups in total. The lowest BCUT2D eigenvalue weighted by Gasteiger charge is -2.47. The second kappa shape index (κ2) is 11.0. The van der Waals surface area contributed by atoms with Gasteiger partial charge in [0.25, 0.3) is 5.91 Å². The molecule has 4 rings (SSSR count). The van der Waals surface area contributed by atoms with Gasteiger partial charge in [-0.3, -0.25) is 20.0 Å². The molecular weight excluding hydrogens is 509 g/mol. The molecule has 0 radical (unpaired) electrons. The molecule has 1 heterocycles. The normalized spacial score (nSPS) is 26.5. The number of amides is 2. The second-order valence-corrected chi connectivity index (χ2v) is 11.6. The molecule has 1 fully saturated rings. The first-order chi connectivity index (χ1) is 17.5. The molecule has 198 valence electrons. The summed E-state index contributed by atoms with van der Waals surface area (Å²) in [5.74, 6) is 0.462. The Morgan fingerprint density at radius 3 is 2.38 bits per heavy atom. The highest BCUT2D eigenvalue weighted by molar-refractivity contribution is 6.48. The maximum atomic E-state index is 14.2. The minimum absolute atomic E-state index is 0.0269. The summed E-state index contributed by atoms with van der Waals surface area (Å²) in [5.41, 5.74) is 7.57. The molecule has 2 amide bonds. The minimum atomic E-state index is -0.622. The smallest absolute Gasteiger partial charge is 0.275 e. The molecule has 2 aliphatic carbocycles. The first kappa shape index (κ1) is 27.4. The van der Waals surface area contributed by atoms with Crippen LogP contribution in [0.3, 0.4) is 0 Å². The van der Waals surface area contributed by atoms with Crippen molar-refractivity contribution in [2.75, 3.05) is 6.54 Å². The molecular formula is C28H35Cl2N5O2. The molecule has 9 heteroatoms. The van der Waals surface area contributed by atoms with Crippen molar-refractivity contribution in [1.29, 1.82) is 5.41 Å². The van der Waals surface area contributed by atoms with E-state index >= 15 is 0 Å². The third-order valence-corrected chi connectivity index (χ3v) is 7.96. The number of carbonyl (C=O) groups excluding carboxylic acids is 2. The van der Waals surface area contributed by atoms with Crippen molar-refractivity contribution < 1.29 is 9.59 Å². The van der Waals surface area contributed by atoms with Crippen LogP contribution in [0.25, 0.3) is 0 Å². The van der Waals surface area contributed by atoms with Crippen LogP contribution in [0.4, 0.5) is 0 Å². The number of amidine groups is 1. The molecule has 0 bridgehead atoms. The Kier molecular flexibility index (Phi) is 8.14. The standard InChI is InChI=1S/C28H35Cl2N5O2/c1-4-23(18-5-7-19(8-6-18)26(36)33-15-24(31)32)35-27(37)25(20-10-21(29)12-22(30)11-20)34-28(35)13-16(2)9-17(3)14-28/h5,7,10-12,16-17,23H,4,6,8-9,13-15H2,1-3H3,(H3,31,32)(H,33,36). The zero-order chi connectivity index (χ0) is 26.9. The largest absolute Gasteiger partial charge is 0.386 e. The number of allylic oxidation sites excluding steroid dienone is 2. The molecule has 0 saturated heterocycles. The summed E-state index contributed by atoms with van der Waals surface area (Å²) in [5, 5.41) is 10.9. The number of carbonyl (C=O) groups is 2. The van der Waals surface area contributed by atoms with Crippen molar-refractivity contribution in [2.24, 2.45) is 22.6 Å². The van der Waals surface area contributed by atoms with E-state index in [1.54, 1.807) is 18.2 Å². The van der Waals surface area contributed by atoms with Gasteiger partial charge in [-0.25, -0.2) is 0 Å². The minimum Gasteiger partial charge on any atom is -0.386 e. The Labute approximate surface area is 228 Å². The lowest BCUT2D eigenvalue weighted by molar-refractivity contribution is -0.132. The van der Waals surface area contributed by atoms with E-state index in [2.05, 4.69) is 26.1 Å². The average molecular weight is 545 g/mol. The molecule has 1 aromatic carbocycles. The van der Waals surface area contributed by atoms with Gasteiger partial charge in [-0.15, -0.1) is 0 Å². The topological polar surface area (TPSA) is 112 Å². The monoisotopic (exact) mass is 543 g/mol. The van der Waals surface area contributed by atoms with Crippen LogP contribution in [-0.2, 0) is 9.59 Å². The predicted octanol–water partition coefficient (Wildman–Crippen LogP) is 5.25. The van der Waals surface area contributed by atoms with Crippen molar-refractivity contribution in [3.63, 3.8) is 0 Å². The Bertz CT molecular complexity index is 1170. The van der Waals surface area contributed by atoms with Gasteiger partial charge in [0.2, 0.25) is 5.91 Å². The van der Waals surface area contributed by atoms with E-state index in [0.717, 1.165) is 31.3 Å². The van der Waals surface area contributed by atoms with E-state index in [1.807, 2.05) is 17.1 Å². The lowest BCUT2D eigenvalue weighted by Crippen LogP contribution is -2.56. The van der Waals surface area contributed by atoms with Crippen molar-refractivity contribution in [3.05, 3.63) is 57.1 Å². The predicted molar refractivity (Wildman–Crippen MR) is 149 cm³/mol. The summed E-state index contributed by atoms with van der Waals surface area (Å²) in [7, 11) is 0. The molecule has 1 saturated carbocycles. The van der Waals surface area contributed by atoms with E-state index in [0.29, 0.717) is 51.6 Å². The van der Waals surface area contributed by atoms with E-state index in [4.69, 9.17) is 39.3 Å². The van der Waals surface area contributed by atoms with Crippen LogP contribution in [0.1, 0.15) is 64.9 Å². The summed E-state index contributed by atoms with van der Waals surface area (Å²) in [6.07, 6.45) is 8.49. The van der Waals surface area contributed by atoms with Crippen molar-refractivity contribution in [1.82, 2.24) is 10.2 Å². The number of nitrogens with zero attached hydrogens (tertiary/aromatic N) is 2. The van der Waals surface area contributed by atoms with Gasteiger partial charge in [0.05, 0.1) is 12.6 Å². The van der Waals surface area contributed by atoms with Gasteiger partial charge in [-0.1, -0.05) is 56.1 Å². The Morgan fingerprint density at radius 2 is 1.84 bits per heavy atom. The van der Waals surface area contributed by atoms with Crippen LogP contribution in [0.2, 0.25) is 10.0 Å². The van der Waals surface area contributed by atoms with Crippen LogP contribution in [0.5, 0.6) is 0 Å². The van der Waals surface area contributed by atoms with Crippen molar-refractivity contribution >= 4 is 46.6 Å². The summed E-state index contributed by atoms with van der Waals surface area (Å²) >= 11 is 12.6. The molecule has 3 aliphatic rings. The maximum Gasteiger partial charge on any atom is 0.275 e. The Morgan fingerprint density at radius 1 is 1.19 bits per heavy atom. The number of hydrogen-bond donors (Lipinski definition) is 3. The number of hydrogen-bond acceptors (Lipinski definition) is 4. The van der Waals surface area contributed by atoms with E-state index in [-0.39, 0.29) is 30.2 Å². The molecule has 7 nitrogen and oxygen atoms in total. The van der Waals surface area contributed by atoms with Crippen molar-refractivity contribution in [2.45, 2.75) is 71.0 Å². The highest BCUT2D eigenvalue weighted by atomic mass is 35.5. The third kappa shape index (κ3) is 5.78. The van der Waals surface area contributed by atoms with Crippen LogP contribution < -0.4 is 11.1 Å². The lowest BCUT2D eigenvalue weighted by atomic mass is 9.75. The van der Waals surface area contributed by atoms with E-state index in [1.165, 1.54) is 0 Å². The molecule has 1 spiro atoms. The van der Waals surface area contributed by atoms with Gasteiger partial charge >= 0.3 is 0 Å². The number of halogens is 2. The molecule has 3 unspecified atom stereocenters. The number of nitrogens with two attached hydrogens (primary N) is 1. The Balaban J connectivity index is 1.71. The Hall–Kier alpha value is -2.64. The van der Waals surface area contributed by atoms with Gasteiger partial charge in [-0.05, 0) is 74.1 Å². The fourth-order valence-corrected chi connectivity index (χ4v) is 6.81. The summed E-state index contributed by atoms with van der Waals surface area (Å²) < 4.78 is 0. The number of rotatable bonds is 7. The molecule has 3 atom stereocenters. The van der Waals surface area contributed by atoms with Crippen LogP contribution in [0.15, 0.2) is 46.5 Å². The number of nitrogens with one attached hydrogen (secondary N) is 2. The summed E-state index contributed by atoms with van der Waals surface area (Å²) in [6, 6.07) is 5.03. The van der Waals surface area contributed by atoms with Gasteiger partial charge in [0.15, 0.2) is 0 Å². The fourth-order valence-electron chi connectivity index (χ4n) is 6.28. The molecule has 0 aromatic heterocycles. The van der Waals surface area contributed by atoms with Gasteiger partial charge in [-0.2, -0.15) is 0 Å². The summed E-state index contributed by atoms with van der Waals surface area (Å²) in [4.78, 5) is 33.8. The highest BCUT2D eigenvalue weighted by Gasteiger charge is 2.53. The zero-order valence-electron chi connectivity index (χ0n) is 21.6. The average Bonchev–Trinajstić information content (AvgIpc) is 3.08. The quantitative estimate of drug-likeness (QED) is 0.322. The zero-order valence-corrected chi connectivity index (χ0v) is 23.1. The maximum absolute atomic E-state index is 14.2. The highest BCUT2D eigenvalue weighted by Crippen LogP contribution is 2.47.